The minimum atomic E-state index is -3.40. The van der Waals surface area contributed by atoms with Crippen LogP contribution in [0.4, 0.5) is 5.82 Å². The van der Waals surface area contributed by atoms with Crippen LogP contribution < -0.4 is 9.62 Å². The Balaban J connectivity index is 1.51. The Morgan fingerprint density at radius 3 is 2.74 bits per heavy atom. The molecular weight excluding hydrogens is 384 g/mol. The Morgan fingerprint density at radius 2 is 2.04 bits per heavy atom. The number of hydrogen-bond donors (Lipinski definition) is 1. The molecule has 2 heterocycles. The van der Waals surface area contributed by atoms with Crippen molar-refractivity contribution >= 4 is 27.4 Å². The summed E-state index contributed by atoms with van der Waals surface area (Å²) in [4.78, 5) is 6.41. The zero-order valence-corrected chi connectivity index (χ0v) is 16.4. The Morgan fingerprint density at radius 1 is 1.26 bits per heavy atom. The van der Waals surface area contributed by atoms with E-state index >= 15 is 0 Å². The lowest BCUT2D eigenvalue weighted by molar-refractivity contribution is 0.400. The summed E-state index contributed by atoms with van der Waals surface area (Å²) >= 11 is 5.91. The van der Waals surface area contributed by atoms with Gasteiger partial charge in [0.05, 0.1) is 11.3 Å². The molecule has 1 fully saturated rings. The van der Waals surface area contributed by atoms with Crippen molar-refractivity contribution in [2.24, 2.45) is 5.92 Å². The minimum Gasteiger partial charge on any atom is -0.356 e. The molecule has 27 heavy (non-hydrogen) atoms. The number of halogens is 1. The summed E-state index contributed by atoms with van der Waals surface area (Å²) < 4.78 is 27.3. The summed E-state index contributed by atoms with van der Waals surface area (Å²) in [6.45, 7) is 1.93. The predicted octanol–water partition coefficient (Wildman–Crippen LogP) is 2.94. The summed E-state index contributed by atoms with van der Waals surface area (Å²) in [5.41, 5.74) is 1.24. The van der Waals surface area contributed by atoms with Crippen LogP contribution in [0.1, 0.15) is 24.0 Å². The fourth-order valence-corrected chi connectivity index (χ4v) is 4.65. The molecule has 0 aliphatic carbocycles. The summed E-state index contributed by atoms with van der Waals surface area (Å²) in [5.74, 6) is 0.899. The van der Waals surface area contributed by atoms with E-state index in [1.165, 1.54) is 0 Å². The van der Waals surface area contributed by atoms with E-state index in [9.17, 15) is 13.7 Å². The van der Waals surface area contributed by atoms with Crippen LogP contribution >= 0.6 is 11.6 Å². The lowest BCUT2D eigenvalue weighted by atomic mass is 9.97. The average Bonchev–Trinajstić information content (AvgIpc) is 2.66. The molecule has 0 radical (unpaired) electrons. The molecule has 0 amide bonds. The van der Waals surface area contributed by atoms with Gasteiger partial charge in [-0.3, -0.25) is 0 Å². The molecule has 1 aliphatic heterocycles. The van der Waals surface area contributed by atoms with Crippen molar-refractivity contribution in [3.05, 3.63) is 58.7 Å². The van der Waals surface area contributed by atoms with Crippen molar-refractivity contribution in [2.45, 2.75) is 18.6 Å². The maximum absolute atomic E-state index is 12.3. The highest BCUT2D eigenvalue weighted by molar-refractivity contribution is 7.88. The van der Waals surface area contributed by atoms with E-state index < -0.39 is 10.0 Å². The third kappa shape index (κ3) is 5.42. The van der Waals surface area contributed by atoms with E-state index in [0.717, 1.165) is 25.9 Å². The second kappa shape index (κ2) is 8.70. The second-order valence-electron chi connectivity index (χ2n) is 6.65. The Kier molecular flexibility index (Phi) is 6.32. The average molecular weight is 405 g/mol. The quantitative estimate of drug-likeness (QED) is 0.799. The van der Waals surface area contributed by atoms with Crippen LogP contribution in [-0.2, 0) is 15.8 Å². The number of nitrogens with one attached hydrogen (secondary N) is 1. The number of nitriles is 1. The van der Waals surface area contributed by atoms with Gasteiger partial charge >= 0.3 is 0 Å². The van der Waals surface area contributed by atoms with Gasteiger partial charge in [-0.25, -0.2) is 18.1 Å². The van der Waals surface area contributed by atoms with Crippen LogP contribution in [0.5, 0.6) is 0 Å². The van der Waals surface area contributed by atoms with Gasteiger partial charge in [-0.2, -0.15) is 5.26 Å². The number of nitrogens with zero attached hydrogens (tertiary/aromatic N) is 3. The van der Waals surface area contributed by atoms with Crippen molar-refractivity contribution in [3.63, 3.8) is 0 Å². The first kappa shape index (κ1) is 19.6. The first-order valence-electron chi connectivity index (χ1n) is 8.79. The highest BCUT2D eigenvalue weighted by atomic mass is 35.5. The molecule has 8 heteroatoms. The van der Waals surface area contributed by atoms with Gasteiger partial charge in [-0.05, 0) is 48.6 Å². The topological polar surface area (TPSA) is 86.1 Å². The van der Waals surface area contributed by atoms with Gasteiger partial charge in [0, 0.05) is 30.9 Å². The van der Waals surface area contributed by atoms with E-state index in [2.05, 4.69) is 20.7 Å². The standard InChI is InChI=1S/C19H21ClN4O2S/c20-18-5-1-3-16(11-18)14-27(25,26)23-13-15-6-9-24(10-7-15)19-17(12-21)4-2-8-22-19/h1-5,8,11,15,23H,6-7,9-10,13-14H2. The maximum Gasteiger partial charge on any atom is 0.215 e. The third-order valence-electron chi connectivity index (χ3n) is 4.66. The van der Waals surface area contributed by atoms with Gasteiger partial charge in [-0.1, -0.05) is 23.7 Å². The highest BCUT2D eigenvalue weighted by Crippen LogP contribution is 2.24. The minimum absolute atomic E-state index is 0.0775. The highest BCUT2D eigenvalue weighted by Gasteiger charge is 2.23. The van der Waals surface area contributed by atoms with Crippen LogP contribution in [-0.4, -0.2) is 33.0 Å². The number of piperidine rings is 1. The third-order valence-corrected chi connectivity index (χ3v) is 6.21. The predicted molar refractivity (Wildman–Crippen MR) is 106 cm³/mol. The Hall–Kier alpha value is -2.14. The molecule has 142 valence electrons. The van der Waals surface area contributed by atoms with E-state index in [1.807, 2.05) is 0 Å². The molecule has 0 atom stereocenters. The van der Waals surface area contributed by atoms with Crippen LogP contribution in [0.15, 0.2) is 42.6 Å². The van der Waals surface area contributed by atoms with Gasteiger partial charge in [0.1, 0.15) is 11.9 Å². The van der Waals surface area contributed by atoms with Crippen molar-refractivity contribution in [2.75, 3.05) is 24.5 Å². The van der Waals surface area contributed by atoms with E-state index in [0.29, 0.717) is 28.5 Å². The van der Waals surface area contributed by atoms with Crippen molar-refractivity contribution in [1.82, 2.24) is 9.71 Å². The van der Waals surface area contributed by atoms with Crippen LogP contribution in [0.3, 0.4) is 0 Å². The molecule has 0 bridgehead atoms. The van der Waals surface area contributed by atoms with Crippen molar-refractivity contribution < 1.29 is 8.42 Å². The molecule has 0 saturated carbocycles. The molecule has 1 aliphatic rings. The Bertz CT molecular complexity index is 935. The van der Waals surface area contributed by atoms with Crippen LogP contribution in [0.2, 0.25) is 5.02 Å². The largest absolute Gasteiger partial charge is 0.356 e. The van der Waals surface area contributed by atoms with Crippen molar-refractivity contribution in [3.8, 4) is 6.07 Å². The number of hydrogen-bond acceptors (Lipinski definition) is 5. The van der Waals surface area contributed by atoms with E-state index in [-0.39, 0.29) is 11.7 Å². The molecule has 1 aromatic carbocycles. The first-order valence-corrected chi connectivity index (χ1v) is 10.8. The number of sulfonamides is 1. The maximum atomic E-state index is 12.3. The monoisotopic (exact) mass is 404 g/mol. The number of aromatic nitrogens is 1. The summed E-state index contributed by atoms with van der Waals surface area (Å²) in [6.07, 6.45) is 3.38. The molecule has 1 aromatic heterocycles. The Labute approximate surface area is 164 Å². The smallest absolute Gasteiger partial charge is 0.215 e. The lowest BCUT2D eigenvalue weighted by Gasteiger charge is -2.33. The van der Waals surface area contributed by atoms with Gasteiger partial charge in [0.25, 0.3) is 0 Å². The van der Waals surface area contributed by atoms with Gasteiger partial charge in [0.2, 0.25) is 10.0 Å². The number of anilines is 1. The fourth-order valence-electron chi connectivity index (χ4n) is 3.23. The summed E-state index contributed by atoms with van der Waals surface area (Å²) in [7, 11) is -3.40. The fraction of sp³-hybridized carbons (Fsp3) is 0.368. The van der Waals surface area contributed by atoms with Gasteiger partial charge in [-0.15, -0.1) is 0 Å². The van der Waals surface area contributed by atoms with Crippen LogP contribution in [0.25, 0.3) is 0 Å². The molecule has 6 nitrogen and oxygen atoms in total. The first-order chi connectivity index (χ1) is 13.0. The molecule has 0 spiro atoms. The summed E-state index contributed by atoms with van der Waals surface area (Å²) in [6, 6.07) is 12.6. The van der Waals surface area contributed by atoms with E-state index in [1.54, 1.807) is 42.6 Å². The normalized spacial score (nSPS) is 15.5. The molecule has 1 N–H and O–H groups in total. The molecule has 3 rings (SSSR count). The number of benzene rings is 1. The summed E-state index contributed by atoms with van der Waals surface area (Å²) in [5, 5.41) is 9.74. The SMILES string of the molecule is N#Cc1cccnc1N1CCC(CNS(=O)(=O)Cc2cccc(Cl)c2)CC1. The second-order valence-corrected chi connectivity index (χ2v) is 8.90. The van der Waals surface area contributed by atoms with Crippen molar-refractivity contribution in [1.29, 1.82) is 5.26 Å². The molecule has 2 aromatic rings. The number of rotatable bonds is 6. The zero-order chi connectivity index (χ0) is 19.3. The molecule has 1 saturated heterocycles. The van der Waals surface area contributed by atoms with Crippen LogP contribution in [0, 0.1) is 17.2 Å². The molecular formula is C19H21ClN4O2S. The lowest BCUT2D eigenvalue weighted by Crippen LogP contribution is -2.39. The number of pyridine rings is 1. The van der Waals surface area contributed by atoms with Gasteiger partial charge in [0.15, 0.2) is 0 Å². The van der Waals surface area contributed by atoms with Gasteiger partial charge < -0.3 is 4.90 Å². The van der Waals surface area contributed by atoms with E-state index in [4.69, 9.17) is 11.6 Å². The zero-order valence-electron chi connectivity index (χ0n) is 14.8. The molecule has 0 unspecified atom stereocenters.